The fourth-order valence-electron chi connectivity index (χ4n) is 1.82. The molecule has 0 aromatic rings. The van der Waals surface area contributed by atoms with Gasteiger partial charge in [0.15, 0.2) is 0 Å². The lowest BCUT2D eigenvalue weighted by Crippen LogP contribution is -2.44. The van der Waals surface area contributed by atoms with Gasteiger partial charge in [0.1, 0.15) is 5.60 Å². The molecule has 4 nitrogen and oxygen atoms in total. The zero-order valence-corrected chi connectivity index (χ0v) is 9.83. The van der Waals surface area contributed by atoms with Crippen LogP contribution >= 0.6 is 0 Å². The molecular weight excluding hydrogens is 192 g/mol. The number of hydrogen-bond donors (Lipinski definition) is 3. The second-order valence-electron chi connectivity index (χ2n) is 4.90. The van der Waals surface area contributed by atoms with E-state index < -0.39 is 5.60 Å². The molecule has 1 saturated heterocycles. The molecule has 1 heterocycles. The maximum absolute atomic E-state index is 10.00. The average Bonchev–Trinajstić information content (AvgIpc) is 2.60. The van der Waals surface area contributed by atoms with Gasteiger partial charge in [0.25, 0.3) is 0 Å². The summed E-state index contributed by atoms with van der Waals surface area (Å²) in [4.78, 5) is 0. The Morgan fingerprint density at radius 2 is 2.27 bits per heavy atom. The number of ether oxygens (including phenoxy) is 1. The van der Waals surface area contributed by atoms with Crippen LogP contribution in [-0.4, -0.2) is 43.6 Å². The Kier molecular flexibility index (Phi) is 4.99. The zero-order valence-electron chi connectivity index (χ0n) is 9.83. The van der Waals surface area contributed by atoms with Crippen LogP contribution in [-0.2, 0) is 4.74 Å². The molecule has 0 amide bonds. The van der Waals surface area contributed by atoms with E-state index >= 15 is 0 Å². The Hall–Kier alpha value is -0.160. The van der Waals surface area contributed by atoms with Crippen LogP contribution in [0.15, 0.2) is 0 Å². The van der Waals surface area contributed by atoms with Crippen molar-refractivity contribution in [3.63, 3.8) is 0 Å². The van der Waals surface area contributed by atoms with Gasteiger partial charge in [-0.3, -0.25) is 0 Å². The molecule has 0 aromatic carbocycles. The van der Waals surface area contributed by atoms with Crippen LogP contribution in [0.25, 0.3) is 0 Å². The Labute approximate surface area is 92.2 Å². The minimum Gasteiger partial charge on any atom is -0.386 e. The van der Waals surface area contributed by atoms with Crippen molar-refractivity contribution in [2.45, 2.75) is 25.9 Å². The van der Waals surface area contributed by atoms with Crippen LogP contribution in [0, 0.1) is 11.8 Å². The van der Waals surface area contributed by atoms with Gasteiger partial charge >= 0.3 is 0 Å². The maximum atomic E-state index is 10.00. The van der Waals surface area contributed by atoms with Crippen molar-refractivity contribution in [2.24, 2.45) is 17.6 Å². The van der Waals surface area contributed by atoms with Crippen molar-refractivity contribution in [3.8, 4) is 0 Å². The molecule has 1 fully saturated rings. The summed E-state index contributed by atoms with van der Waals surface area (Å²) in [6.45, 7) is 7.64. The van der Waals surface area contributed by atoms with Gasteiger partial charge in [-0.2, -0.15) is 0 Å². The molecule has 1 aliphatic rings. The summed E-state index contributed by atoms with van der Waals surface area (Å²) >= 11 is 0. The molecule has 90 valence electrons. The van der Waals surface area contributed by atoms with Crippen LogP contribution in [0.1, 0.15) is 20.3 Å². The molecule has 1 rings (SSSR count). The van der Waals surface area contributed by atoms with Crippen LogP contribution in [0.2, 0.25) is 0 Å². The molecule has 0 radical (unpaired) electrons. The van der Waals surface area contributed by atoms with Crippen molar-refractivity contribution in [1.82, 2.24) is 5.32 Å². The average molecular weight is 216 g/mol. The van der Waals surface area contributed by atoms with E-state index in [2.05, 4.69) is 19.2 Å². The van der Waals surface area contributed by atoms with Crippen LogP contribution in [0.5, 0.6) is 0 Å². The van der Waals surface area contributed by atoms with Gasteiger partial charge in [-0.25, -0.2) is 0 Å². The lowest BCUT2D eigenvalue weighted by molar-refractivity contribution is 0.0261. The molecule has 1 aliphatic heterocycles. The fourth-order valence-corrected chi connectivity index (χ4v) is 1.82. The van der Waals surface area contributed by atoms with E-state index in [-0.39, 0.29) is 0 Å². The van der Waals surface area contributed by atoms with Crippen molar-refractivity contribution in [2.75, 3.05) is 32.8 Å². The van der Waals surface area contributed by atoms with Crippen LogP contribution in [0.3, 0.4) is 0 Å². The highest BCUT2D eigenvalue weighted by molar-refractivity contribution is 4.85. The molecule has 0 spiro atoms. The van der Waals surface area contributed by atoms with Gasteiger partial charge in [0.05, 0.1) is 6.61 Å². The minimum atomic E-state index is -0.657. The van der Waals surface area contributed by atoms with Gasteiger partial charge < -0.3 is 20.9 Å². The van der Waals surface area contributed by atoms with Crippen molar-refractivity contribution in [3.05, 3.63) is 0 Å². The van der Waals surface area contributed by atoms with E-state index in [9.17, 15) is 5.11 Å². The Bertz CT molecular complexity index is 179. The number of nitrogens with two attached hydrogens (primary N) is 1. The molecule has 4 N–H and O–H groups in total. The van der Waals surface area contributed by atoms with E-state index in [0.29, 0.717) is 38.1 Å². The highest BCUT2D eigenvalue weighted by atomic mass is 16.5. The van der Waals surface area contributed by atoms with Gasteiger partial charge in [-0.1, -0.05) is 13.8 Å². The summed E-state index contributed by atoms with van der Waals surface area (Å²) in [6.07, 6.45) is 0.731. The van der Waals surface area contributed by atoms with Gasteiger partial charge in [0, 0.05) is 19.6 Å². The third-order valence-electron chi connectivity index (χ3n) is 3.19. The summed E-state index contributed by atoms with van der Waals surface area (Å²) in [6, 6.07) is 0. The summed E-state index contributed by atoms with van der Waals surface area (Å²) in [5, 5.41) is 13.3. The topological polar surface area (TPSA) is 67.5 Å². The first-order chi connectivity index (χ1) is 7.07. The smallest absolute Gasteiger partial charge is 0.102 e. The van der Waals surface area contributed by atoms with Crippen molar-refractivity contribution < 1.29 is 9.84 Å². The first kappa shape index (κ1) is 12.9. The number of rotatable bonds is 6. The normalized spacial score (nSPS) is 28.6. The molecular formula is C11H24N2O2. The van der Waals surface area contributed by atoms with E-state index in [1.54, 1.807) is 0 Å². The third kappa shape index (κ3) is 4.07. The quantitative estimate of drug-likeness (QED) is 0.583. The largest absolute Gasteiger partial charge is 0.386 e. The monoisotopic (exact) mass is 216 g/mol. The first-order valence-corrected chi connectivity index (χ1v) is 5.78. The minimum absolute atomic E-state index is 0.453. The molecule has 2 atom stereocenters. The van der Waals surface area contributed by atoms with Crippen molar-refractivity contribution in [1.29, 1.82) is 0 Å². The molecule has 0 saturated carbocycles. The summed E-state index contributed by atoms with van der Waals surface area (Å²) < 4.78 is 5.18. The van der Waals surface area contributed by atoms with Gasteiger partial charge in [-0.05, 0) is 24.9 Å². The molecule has 2 unspecified atom stereocenters. The molecule has 0 aromatic heterocycles. The lowest BCUT2D eigenvalue weighted by Gasteiger charge is -2.24. The Morgan fingerprint density at radius 1 is 1.53 bits per heavy atom. The standard InChI is InChI=1S/C11H24N2O2/c1-9(2)10(5-12)6-13-7-11(14)3-4-15-8-11/h9-10,13-14H,3-8,12H2,1-2H3. The Balaban J connectivity index is 2.19. The Morgan fingerprint density at radius 3 is 2.73 bits per heavy atom. The van der Waals surface area contributed by atoms with Crippen molar-refractivity contribution >= 4 is 0 Å². The predicted octanol–water partition coefficient (Wildman–Crippen LogP) is -0.0417. The van der Waals surface area contributed by atoms with E-state index in [4.69, 9.17) is 10.5 Å². The lowest BCUT2D eigenvalue weighted by atomic mass is 9.95. The third-order valence-corrected chi connectivity index (χ3v) is 3.19. The highest BCUT2D eigenvalue weighted by Gasteiger charge is 2.31. The molecule has 15 heavy (non-hydrogen) atoms. The van der Waals surface area contributed by atoms with E-state index in [0.717, 1.165) is 13.0 Å². The van der Waals surface area contributed by atoms with Gasteiger partial charge in [0.2, 0.25) is 0 Å². The zero-order chi connectivity index (χ0) is 11.3. The van der Waals surface area contributed by atoms with Crippen LogP contribution in [0.4, 0.5) is 0 Å². The number of aliphatic hydroxyl groups is 1. The van der Waals surface area contributed by atoms with Gasteiger partial charge in [-0.15, -0.1) is 0 Å². The number of hydrogen-bond acceptors (Lipinski definition) is 4. The second kappa shape index (κ2) is 5.80. The second-order valence-corrected chi connectivity index (χ2v) is 4.90. The summed E-state index contributed by atoms with van der Waals surface area (Å²) in [5.41, 5.74) is 5.02. The maximum Gasteiger partial charge on any atom is 0.102 e. The predicted molar refractivity (Wildman–Crippen MR) is 60.6 cm³/mol. The summed E-state index contributed by atoms with van der Waals surface area (Å²) in [7, 11) is 0. The highest BCUT2D eigenvalue weighted by Crippen LogP contribution is 2.17. The molecule has 4 heteroatoms. The first-order valence-electron chi connectivity index (χ1n) is 5.78. The molecule has 0 bridgehead atoms. The SMILES string of the molecule is CC(C)C(CN)CNCC1(O)CCOC1. The fraction of sp³-hybridized carbons (Fsp3) is 1.00. The van der Waals surface area contributed by atoms with Crippen LogP contribution < -0.4 is 11.1 Å². The van der Waals surface area contributed by atoms with E-state index in [1.165, 1.54) is 0 Å². The van der Waals surface area contributed by atoms with E-state index in [1.807, 2.05) is 0 Å². The number of nitrogens with one attached hydrogen (secondary N) is 1. The molecule has 0 aliphatic carbocycles. The summed E-state index contributed by atoms with van der Waals surface area (Å²) in [5.74, 6) is 1.06.